The van der Waals surface area contributed by atoms with Gasteiger partial charge in [0.2, 0.25) is 0 Å². The summed E-state index contributed by atoms with van der Waals surface area (Å²) in [4.78, 5) is 16.1. The van der Waals surface area contributed by atoms with E-state index < -0.39 is 11.9 Å². The Bertz CT molecular complexity index is 1320. The number of rotatable bonds is 6. The molecule has 4 nitrogen and oxygen atoms in total. The Morgan fingerprint density at radius 3 is 2.61 bits per heavy atom. The standard InChI is InChI=1S/C33H40ClNO3/c1-7-8-9-25(16-21(2)31(36)37)38-30-13-11-23-18-26(28(34)19-29(23)35-30)22-10-12-27-24(17-22)20-32(3,4)14-15-33(27,5)6/h8-10,12,16-19,21H,7,11,13-15,20H2,1-6H3,(H,36,37). The van der Waals surface area contributed by atoms with Gasteiger partial charge in [-0.15, -0.1) is 0 Å². The summed E-state index contributed by atoms with van der Waals surface area (Å²) in [6.07, 6.45) is 11.1. The lowest BCUT2D eigenvalue weighted by Crippen LogP contribution is -2.18. The predicted octanol–water partition coefficient (Wildman–Crippen LogP) is 9.21. The van der Waals surface area contributed by atoms with E-state index in [2.05, 4.69) is 52.0 Å². The fourth-order valence-corrected chi connectivity index (χ4v) is 5.67. The smallest absolute Gasteiger partial charge is 0.310 e. The van der Waals surface area contributed by atoms with Crippen LogP contribution in [0.15, 0.2) is 59.3 Å². The van der Waals surface area contributed by atoms with Gasteiger partial charge in [-0.05, 0) is 96.4 Å². The summed E-state index contributed by atoms with van der Waals surface area (Å²) >= 11 is 6.85. The van der Waals surface area contributed by atoms with Gasteiger partial charge in [-0.2, -0.15) is 0 Å². The number of nitrogens with zero attached hydrogens (tertiary/aromatic N) is 1. The second-order valence-corrected chi connectivity index (χ2v) is 12.6. The SMILES string of the molecule is CCC=CC(=CC(C)C(=O)O)OC1=Nc2cc(Cl)c(-c3ccc4c(c3)CC(C)(C)CCC4(C)C)cc2CC1. The zero-order valence-electron chi connectivity index (χ0n) is 23.5. The highest BCUT2D eigenvalue weighted by Gasteiger charge is 2.33. The van der Waals surface area contributed by atoms with Crippen molar-refractivity contribution in [2.24, 2.45) is 16.3 Å². The normalized spacial score (nSPS) is 19.2. The molecule has 0 aromatic heterocycles. The Morgan fingerprint density at radius 2 is 1.89 bits per heavy atom. The number of aliphatic carboxylic acids is 1. The first-order valence-electron chi connectivity index (χ1n) is 13.7. The molecule has 2 aromatic carbocycles. The Balaban J connectivity index is 1.65. The number of aliphatic imine (C=N–C) groups is 1. The first-order chi connectivity index (χ1) is 17.9. The van der Waals surface area contributed by atoms with Gasteiger partial charge in [-0.25, -0.2) is 4.99 Å². The molecule has 2 aliphatic rings. The highest BCUT2D eigenvalue weighted by Crippen LogP contribution is 2.44. The Morgan fingerprint density at radius 1 is 1.13 bits per heavy atom. The second-order valence-electron chi connectivity index (χ2n) is 12.2. The van der Waals surface area contributed by atoms with E-state index in [0.29, 0.717) is 23.1 Å². The average Bonchev–Trinajstić information content (AvgIpc) is 2.94. The molecule has 2 aromatic rings. The molecule has 1 heterocycles. The quantitative estimate of drug-likeness (QED) is 0.228. The Labute approximate surface area is 232 Å². The van der Waals surface area contributed by atoms with E-state index >= 15 is 0 Å². The number of carboxylic acids is 1. The van der Waals surface area contributed by atoms with Gasteiger partial charge in [-0.1, -0.05) is 70.5 Å². The van der Waals surface area contributed by atoms with Crippen molar-refractivity contribution in [1.82, 2.24) is 0 Å². The van der Waals surface area contributed by atoms with Crippen molar-refractivity contribution >= 4 is 29.2 Å². The molecule has 0 amide bonds. The van der Waals surface area contributed by atoms with E-state index in [1.54, 1.807) is 13.0 Å². The number of fused-ring (bicyclic) bond motifs is 2. The first-order valence-corrected chi connectivity index (χ1v) is 14.1. The van der Waals surface area contributed by atoms with E-state index in [4.69, 9.17) is 21.3 Å². The number of ether oxygens (including phenoxy) is 1. The van der Waals surface area contributed by atoms with Crippen LogP contribution in [-0.4, -0.2) is 17.0 Å². The molecular weight excluding hydrogens is 494 g/mol. The maximum atomic E-state index is 11.3. The fourth-order valence-electron chi connectivity index (χ4n) is 5.41. The summed E-state index contributed by atoms with van der Waals surface area (Å²) in [6.45, 7) is 13.1. The lowest BCUT2D eigenvalue weighted by Gasteiger charge is -2.26. The third-order valence-electron chi connectivity index (χ3n) is 7.82. The van der Waals surface area contributed by atoms with Crippen LogP contribution in [0.3, 0.4) is 0 Å². The van der Waals surface area contributed by atoms with Crippen molar-refractivity contribution in [3.63, 3.8) is 0 Å². The number of hydrogen-bond acceptors (Lipinski definition) is 3. The van der Waals surface area contributed by atoms with Crippen LogP contribution < -0.4 is 0 Å². The fraction of sp³-hybridized carbons (Fsp3) is 0.455. The monoisotopic (exact) mass is 533 g/mol. The molecular formula is C33H40ClNO3. The largest absolute Gasteiger partial charge is 0.481 e. The number of carboxylic acid groups (broad SMARTS) is 1. The molecule has 0 spiro atoms. The minimum absolute atomic E-state index is 0.161. The van der Waals surface area contributed by atoms with Crippen molar-refractivity contribution in [3.8, 4) is 11.1 Å². The molecule has 0 saturated heterocycles. The highest BCUT2D eigenvalue weighted by molar-refractivity contribution is 6.33. The van der Waals surface area contributed by atoms with Crippen molar-refractivity contribution in [2.75, 3.05) is 0 Å². The van der Waals surface area contributed by atoms with E-state index in [9.17, 15) is 9.90 Å². The number of benzene rings is 2. The average molecular weight is 534 g/mol. The van der Waals surface area contributed by atoms with Crippen molar-refractivity contribution in [3.05, 3.63) is 76.0 Å². The van der Waals surface area contributed by atoms with Crippen LogP contribution in [0.1, 0.15) is 83.9 Å². The molecule has 4 rings (SSSR count). The molecule has 0 saturated carbocycles. The van der Waals surface area contributed by atoms with Gasteiger partial charge < -0.3 is 9.84 Å². The Hall–Kier alpha value is -2.85. The van der Waals surface area contributed by atoms with Crippen LogP contribution >= 0.6 is 11.6 Å². The van der Waals surface area contributed by atoms with Gasteiger partial charge in [0.25, 0.3) is 0 Å². The molecule has 0 radical (unpaired) electrons. The lowest BCUT2D eigenvalue weighted by molar-refractivity contribution is -0.139. The summed E-state index contributed by atoms with van der Waals surface area (Å²) in [5.41, 5.74) is 7.44. The van der Waals surface area contributed by atoms with Gasteiger partial charge in [0.15, 0.2) is 5.90 Å². The van der Waals surface area contributed by atoms with E-state index in [-0.39, 0.29) is 10.8 Å². The number of allylic oxidation sites excluding steroid dienone is 2. The minimum Gasteiger partial charge on any atom is -0.481 e. The van der Waals surface area contributed by atoms with Crippen molar-refractivity contribution in [2.45, 2.75) is 85.5 Å². The molecule has 0 bridgehead atoms. The Kier molecular flexibility index (Phi) is 8.23. The highest BCUT2D eigenvalue weighted by atomic mass is 35.5. The summed E-state index contributed by atoms with van der Waals surface area (Å²) in [7, 11) is 0. The molecule has 0 fully saturated rings. The molecule has 1 unspecified atom stereocenters. The number of aryl methyl sites for hydroxylation is 1. The van der Waals surface area contributed by atoms with Crippen LogP contribution in [0.25, 0.3) is 11.1 Å². The van der Waals surface area contributed by atoms with Crippen LogP contribution in [-0.2, 0) is 27.8 Å². The molecule has 1 N–H and O–H groups in total. The van der Waals surface area contributed by atoms with Crippen LogP contribution in [0.2, 0.25) is 5.02 Å². The second kappa shape index (κ2) is 11.1. The predicted molar refractivity (Wildman–Crippen MR) is 157 cm³/mol. The van der Waals surface area contributed by atoms with Crippen LogP contribution in [0.5, 0.6) is 0 Å². The maximum Gasteiger partial charge on any atom is 0.310 e. The third kappa shape index (κ3) is 6.40. The molecule has 1 atom stereocenters. The van der Waals surface area contributed by atoms with Crippen LogP contribution in [0, 0.1) is 11.3 Å². The summed E-state index contributed by atoms with van der Waals surface area (Å²) in [6, 6.07) is 11.0. The van der Waals surface area contributed by atoms with Gasteiger partial charge in [0.05, 0.1) is 16.6 Å². The van der Waals surface area contributed by atoms with Gasteiger partial charge in [-0.3, -0.25) is 4.79 Å². The summed E-state index contributed by atoms with van der Waals surface area (Å²) < 4.78 is 6.06. The zero-order valence-corrected chi connectivity index (χ0v) is 24.3. The van der Waals surface area contributed by atoms with Gasteiger partial charge in [0.1, 0.15) is 5.76 Å². The number of carbonyl (C=O) groups is 1. The molecule has 1 aliphatic carbocycles. The molecule has 38 heavy (non-hydrogen) atoms. The topological polar surface area (TPSA) is 58.9 Å². The van der Waals surface area contributed by atoms with Crippen molar-refractivity contribution in [1.29, 1.82) is 0 Å². The van der Waals surface area contributed by atoms with E-state index in [1.165, 1.54) is 24.0 Å². The molecule has 202 valence electrons. The van der Waals surface area contributed by atoms with Gasteiger partial charge in [0, 0.05) is 12.0 Å². The number of halogens is 1. The third-order valence-corrected chi connectivity index (χ3v) is 8.13. The molecule has 1 aliphatic heterocycles. The summed E-state index contributed by atoms with van der Waals surface area (Å²) in [5, 5.41) is 9.97. The first kappa shape index (κ1) is 28.2. The summed E-state index contributed by atoms with van der Waals surface area (Å²) in [5.74, 6) is -0.476. The van der Waals surface area contributed by atoms with Crippen molar-refractivity contribution < 1.29 is 14.6 Å². The van der Waals surface area contributed by atoms with Crippen LogP contribution in [0.4, 0.5) is 5.69 Å². The number of hydrogen-bond donors (Lipinski definition) is 1. The minimum atomic E-state index is -0.892. The van der Waals surface area contributed by atoms with E-state index in [0.717, 1.165) is 41.6 Å². The molecule has 5 heteroatoms. The maximum absolute atomic E-state index is 11.3. The lowest BCUT2D eigenvalue weighted by atomic mass is 9.78. The van der Waals surface area contributed by atoms with Gasteiger partial charge >= 0.3 is 5.97 Å². The zero-order chi connectivity index (χ0) is 27.7. The van der Waals surface area contributed by atoms with E-state index in [1.807, 2.05) is 25.1 Å².